The fourth-order valence-electron chi connectivity index (χ4n) is 3.88. The number of aromatic nitrogens is 5. The SMILES string of the molecule is CSNc1cncc(-c2cc3cc(Nc4cc5n(n4)CC(=O)NCC5)ncc3c(N)n2)c1C. The summed E-state index contributed by atoms with van der Waals surface area (Å²) in [5, 5.41) is 12.3. The molecule has 0 saturated carbocycles. The largest absolute Gasteiger partial charge is 0.383 e. The third kappa shape index (κ3) is 4.14. The number of nitrogen functional groups attached to an aromatic ring is 1. The van der Waals surface area contributed by atoms with Gasteiger partial charge in [0.15, 0.2) is 5.82 Å². The zero-order valence-electron chi connectivity index (χ0n) is 18.2. The van der Waals surface area contributed by atoms with Crippen molar-refractivity contribution in [2.75, 3.05) is 28.6 Å². The molecule has 0 saturated heterocycles. The van der Waals surface area contributed by atoms with Crippen molar-refractivity contribution in [3.63, 3.8) is 0 Å². The van der Waals surface area contributed by atoms with Gasteiger partial charge < -0.3 is 21.1 Å². The number of nitrogens with one attached hydrogen (secondary N) is 3. The van der Waals surface area contributed by atoms with Crippen molar-refractivity contribution >= 4 is 51.8 Å². The van der Waals surface area contributed by atoms with Gasteiger partial charge in [0, 0.05) is 54.3 Å². The minimum Gasteiger partial charge on any atom is -0.383 e. The van der Waals surface area contributed by atoms with E-state index < -0.39 is 0 Å². The second kappa shape index (κ2) is 8.58. The van der Waals surface area contributed by atoms with Gasteiger partial charge in [-0.2, -0.15) is 5.10 Å². The molecule has 5 rings (SSSR count). The number of pyridine rings is 3. The molecule has 0 unspecified atom stereocenters. The van der Waals surface area contributed by atoms with E-state index in [2.05, 4.69) is 35.4 Å². The normalized spacial score (nSPS) is 13.3. The molecule has 1 aliphatic rings. The first-order valence-electron chi connectivity index (χ1n) is 10.4. The molecule has 5 heterocycles. The summed E-state index contributed by atoms with van der Waals surface area (Å²) in [5.74, 6) is 1.64. The minimum atomic E-state index is -0.0377. The van der Waals surface area contributed by atoms with E-state index in [4.69, 9.17) is 5.73 Å². The Morgan fingerprint density at radius 2 is 2.06 bits per heavy atom. The number of anilines is 4. The van der Waals surface area contributed by atoms with Crippen LogP contribution in [0.25, 0.3) is 22.0 Å². The van der Waals surface area contributed by atoms with Crippen LogP contribution in [0, 0.1) is 6.92 Å². The Kier molecular flexibility index (Phi) is 5.47. The highest BCUT2D eigenvalue weighted by atomic mass is 32.2. The standard InChI is InChI=1S/C22H23N9OS/c1-12-15(8-24-10-18(12)30-33-2)17-5-13-6-19(26-9-16(13)22(23)27-17)28-20-7-14-3-4-25-21(32)11-31(14)29-20/h5-10,30H,3-4,11H2,1-2H3,(H2,23,27)(H,25,32)(H,26,28,29). The molecule has 0 bridgehead atoms. The second-order valence-electron chi connectivity index (χ2n) is 7.75. The lowest BCUT2D eigenvalue weighted by Gasteiger charge is -2.12. The molecule has 33 heavy (non-hydrogen) atoms. The van der Waals surface area contributed by atoms with E-state index in [9.17, 15) is 4.79 Å². The number of hydrogen-bond acceptors (Lipinski definition) is 9. The highest BCUT2D eigenvalue weighted by Gasteiger charge is 2.16. The summed E-state index contributed by atoms with van der Waals surface area (Å²) in [6.45, 7) is 2.85. The molecular formula is C22H23N9OS. The van der Waals surface area contributed by atoms with Gasteiger partial charge >= 0.3 is 0 Å². The number of carbonyl (C=O) groups excluding carboxylic acids is 1. The summed E-state index contributed by atoms with van der Waals surface area (Å²) in [7, 11) is 0. The van der Waals surface area contributed by atoms with E-state index in [0.717, 1.165) is 45.4 Å². The van der Waals surface area contributed by atoms with E-state index in [0.29, 0.717) is 24.0 Å². The molecule has 0 aliphatic carbocycles. The first-order valence-corrected chi connectivity index (χ1v) is 11.6. The number of amides is 1. The number of nitrogens with zero attached hydrogens (tertiary/aromatic N) is 5. The van der Waals surface area contributed by atoms with Crippen molar-refractivity contribution in [2.24, 2.45) is 0 Å². The maximum Gasteiger partial charge on any atom is 0.241 e. The van der Waals surface area contributed by atoms with Crippen LogP contribution in [0.5, 0.6) is 0 Å². The van der Waals surface area contributed by atoms with Gasteiger partial charge in [0.1, 0.15) is 18.2 Å². The topological polar surface area (TPSA) is 136 Å². The lowest BCUT2D eigenvalue weighted by atomic mass is 10.0. The smallest absolute Gasteiger partial charge is 0.241 e. The molecule has 10 nitrogen and oxygen atoms in total. The van der Waals surface area contributed by atoms with Crippen molar-refractivity contribution in [1.82, 2.24) is 30.0 Å². The fraction of sp³-hybridized carbons (Fsp3) is 0.227. The first kappa shape index (κ1) is 21.0. The number of rotatable bonds is 5. The van der Waals surface area contributed by atoms with Gasteiger partial charge in [0.2, 0.25) is 5.91 Å². The van der Waals surface area contributed by atoms with Crippen LogP contribution in [0.15, 0.2) is 36.8 Å². The average Bonchev–Trinajstić information content (AvgIpc) is 3.06. The number of fused-ring (bicyclic) bond motifs is 2. The Labute approximate surface area is 194 Å². The highest BCUT2D eigenvalue weighted by molar-refractivity contribution is 7.99. The van der Waals surface area contributed by atoms with Crippen LogP contribution in [-0.4, -0.2) is 43.4 Å². The first-order chi connectivity index (χ1) is 16.0. The van der Waals surface area contributed by atoms with Crippen molar-refractivity contribution < 1.29 is 4.79 Å². The van der Waals surface area contributed by atoms with Gasteiger partial charge in [0.25, 0.3) is 0 Å². The quantitative estimate of drug-likeness (QED) is 0.331. The molecule has 0 spiro atoms. The maximum atomic E-state index is 11.8. The van der Waals surface area contributed by atoms with Gasteiger partial charge in [0.05, 0.1) is 17.6 Å². The van der Waals surface area contributed by atoms with Gasteiger partial charge in [-0.1, -0.05) is 11.9 Å². The van der Waals surface area contributed by atoms with Gasteiger partial charge in [-0.15, -0.1) is 0 Å². The third-order valence-electron chi connectivity index (χ3n) is 5.56. The lowest BCUT2D eigenvalue weighted by molar-refractivity contribution is -0.121. The molecule has 11 heteroatoms. The monoisotopic (exact) mass is 461 g/mol. The molecule has 5 N–H and O–H groups in total. The van der Waals surface area contributed by atoms with E-state index in [1.807, 2.05) is 31.4 Å². The van der Waals surface area contributed by atoms with Crippen LogP contribution >= 0.6 is 11.9 Å². The number of nitrogens with two attached hydrogens (primary N) is 1. The molecule has 0 atom stereocenters. The Balaban J connectivity index is 1.49. The number of carbonyl (C=O) groups is 1. The molecule has 0 aromatic carbocycles. The van der Waals surface area contributed by atoms with Crippen LogP contribution in [-0.2, 0) is 17.8 Å². The van der Waals surface area contributed by atoms with E-state index >= 15 is 0 Å². The van der Waals surface area contributed by atoms with Crippen LogP contribution in [0.4, 0.5) is 23.1 Å². The van der Waals surface area contributed by atoms with E-state index in [-0.39, 0.29) is 12.5 Å². The predicted octanol–water partition coefficient (Wildman–Crippen LogP) is 2.88. The van der Waals surface area contributed by atoms with Crippen molar-refractivity contribution in [3.05, 3.63) is 48.0 Å². The summed E-state index contributed by atoms with van der Waals surface area (Å²) in [6.07, 6.45) is 7.99. The van der Waals surface area contributed by atoms with E-state index in [1.165, 1.54) is 11.9 Å². The molecule has 168 valence electrons. The molecule has 0 radical (unpaired) electrons. The predicted molar refractivity (Wildman–Crippen MR) is 131 cm³/mol. The molecule has 4 aromatic heterocycles. The Bertz CT molecular complexity index is 1370. The zero-order chi connectivity index (χ0) is 22.9. The summed E-state index contributed by atoms with van der Waals surface area (Å²) in [6, 6.07) is 5.84. The van der Waals surface area contributed by atoms with Crippen LogP contribution in [0.1, 0.15) is 11.3 Å². The fourth-order valence-corrected chi connectivity index (χ4v) is 4.31. The Morgan fingerprint density at radius 1 is 1.18 bits per heavy atom. The summed E-state index contributed by atoms with van der Waals surface area (Å²) in [4.78, 5) is 25.2. The maximum absolute atomic E-state index is 11.8. The lowest BCUT2D eigenvalue weighted by Crippen LogP contribution is -2.25. The number of hydrogen-bond donors (Lipinski definition) is 4. The summed E-state index contributed by atoms with van der Waals surface area (Å²) in [5.41, 5.74) is 10.9. The molecule has 4 aromatic rings. The second-order valence-corrected chi connectivity index (χ2v) is 8.37. The Hall–Kier alpha value is -3.86. The molecule has 0 fully saturated rings. The van der Waals surface area contributed by atoms with Crippen molar-refractivity contribution in [1.29, 1.82) is 0 Å². The van der Waals surface area contributed by atoms with Gasteiger partial charge in [-0.25, -0.2) is 9.97 Å². The molecule has 1 aliphatic heterocycles. The van der Waals surface area contributed by atoms with Crippen molar-refractivity contribution in [3.8, 4) is 11.3 Å². The third-order valence-corrected chi connectivity index (χ3v) is 5.99. The van der Waals surface area contributed by atoms with Gasteiger partial charge in [-0.05, 0) is 30.0 Å². The molecule has 1 amide bonds. The van der Waals surface area contributed by atoms with Crippen molar-refractivity contribution in [2.45, 2.75) is 19.9 Å². The van der Waals surface area contributed by atoms with Gasteiger partial charge in [-0.3, -0.25) is 14.5 Å². The molecular weight excluding hydrogens is 438 g/mol. The average molecular weight is 462 g/mol. The van der Waals surface area contributed by atoms with E-state index in [1.54, 1.807) is 23.3 Å². The Morgan fingerprint density at radius 3 is 2.91 bits per heavy atom. The van der Waals surface area contributed by atoms with Crippen LogP contribution in [0.2, 0.25) is 0 Å². The minimum absolute atomic E-state index is 0.0377. The van der Waals surface area contributed by atoms with Crippen LogP contribution < -0.4 is 21.1 Å². The zero-order valence-corrected chi connectivity index (χ0v) is 19.0. The summed E-state index contributed by atoms with van der Waals surface area (Å²) >= 11 is 1.51. The summed E-state index contributed by atoms with van der Waals surface area (Å²) < 4.78 is 4.96. The highest BCUT2D eigenvalue weighted by Crippen LogP contribution is 2.32. The van der Waals surface area contributed by atoms with Crippen LogP contribution in [0.3, 0.4) is 0 Å².